The van der Waals surface area contributed by atoms with Crippen LogP contribution in [0.15, 0.2) is 30.6 Å². The Balaban J connectivity index is 1.54. The molecule has 1 saturated heterocycles. The molecule has 2 aromatic heterocycles. The Hall–Kier alpha value is -1.92. The van der Waals surface area contributed by atoms with Gasteiger partial charge in [-0.15, -0.1) is 0 Å². The zero-order valence-electron chi connectivity index (χ0n) is 12.2. The van der Waals surface area contributed by atoms with Crippen LogP contribution in [0, 0.1) is 0 Å². The van der Waals surface area contributed by atoms with E-state index in [1.165, 1.54) is 0 Å². The summed E-state index contributed by atoms with van der Waals surface area (Å²) in [5.41, 5.74) is 1.91. The average molecular weight is 288 g/mol. The zero-order chi connectivity index (χ0) is 14.7. The first-order chi connectivity index (χ1) is 10.2. The largest absolute Gasteiger partial charge is 0.374 e. The summed E-state index contributed by atoms with van der Waals surface area (Å²) in [6.45, 7) is 3.09. The van der Waals surface area contributed by atoms with Gasteiger partial charge in [0.15, 0.2) is 0 Å². The van der Waals surface area contributed by atoms with E-state index in [1.54, 1.807) is 10.7 Å². The standard InChI is InChI=1S/C15H20N4O2/c1-18-6-7-21-13(11-18)10-16-15(20)8-12-9-17-19-5-3-2-4-14(12)19/h2-5,9,13H,6-8,10-11H2,1H3,(H,16,20). The minimum absolute atomic E-state index is 0.00517. The number of likely N-dealkylation sites (N-methyl/N-ethyl adjacent to an activating group) is 1. The van der Waals surface area contributed by atoms with Gasteiger partial charge in [-0.1, -0.05) is 6.07 Å². The summed E-state index contributed by atoms with van der Waals surface area (Å²) in [5, 5.41) is 7.19. The van der Waals surface area contributed by atoms with Gasteiger partial charge in [-0.05, 0) is 19.2 Å². The third-order valence-electron chi connectivity index (χ3n) is 3.73. The fourth-order valence-corrected chi connectivity index (χ4v) is 2.58. The highest BCUT2D eigenvalue weighted by molar-refractivity contribution is 5.80. The molecule has 0 bridgehead atoms. The Labute approximate surface area is 123 Å². The number of rotatable bonds is 4. The maximum atomic E-state index is 12.1. The van der Waals surface area contributed by atoms with Crippen molar-refractivity contribution < 1.29 is 9.53 Å². The lowest BCUT2D eigenvalue weighted by Crippen LogP contribution is -2.46. The van der Waals surface area contributed by atoms with Crippen LogP contribution in [0.1, 0.15) is 5.56 Å². The van der Waals surface area contributed by atoms with E-state index in [1.807, 2.05) is 24.4 Å². The molecular formula is C15H20N4O2. The second-order valence-electron chi connectivity index (χ2n) is 5.44. The van der Waals surface area contributed by atoms with E-state index in [0.29, 0.717) is 13.0 Å². The fraction of sp³-hybridized carbons (Fsp3) is 0.467. The maximum Gasteiger partial charge on any atom is 0.224 e. The van der Waals surface area contributed by atoms with E-state index >= 15 is 0 Å². The molecule has 0 saturated carbocycles. The maximum absolute atomic E-state index is 12.1. The molecule has 0 aliphatic carbocycles. The molecule has 0 spiro atoms. The second-order valence-corrected chi connectivity index (χ2v) is 5.44. The third kappa shape index (κ3) is 3.40. The van der Waals surface area contributed by atoms with Crippen LogP contribution in [0.5, 0.6) is 0 Å². The van der Waals surface area contributed by atoms with Crippen molar-refractivity contribution in [3.05, 3.63) is 36.2 Å². The first kappa shape index (κ1) is 14.0. The van der Waals surface area contributed by atoms with Gasteiger partial charge < -0.3 is 15.0 Å². The van der Waals surface area contributed by atoms with E-state index in [2.05, 4.69) is 22.4 Å². The Morgan fingerprint density at radius 2 is 2.43 bits per heavy atom. The Morgan fingerprint density at radius 1 is 1.52 bits per heavy atom. The molecule has 2 aromatic rings. The smallest absolute Gasteiger partial charge is 0.224 e. The van der Waals surface area contributed by atoms with Gasteiger partial charge in [-0.25, -0.2) is 4.52 Å². The molecule has 1 aliphatic heterocycles. The highest BCUT2D eigenvalue weighted by Crippen LogP contribution is 2.10. The molecule has 112 valence electrons. The second kappa shape index (κ2) is 6.24. The number of nitrogens with zero attached hydrogens (tertiary/aromatic N) is 3. The van der Waals surface area contributed by atoms with Crippen molar-refractivity contribution >= 4 is 11.4 Å². The van der Waals surface area contributed by atoms with Crippen molar-refractivity contribution in [2.24, 2.45) is 0 Å². The monoisotopic (exact) mass is 288 g/mol. The quantitative estimate of drug-likeness (QED) is 0.880. The average Bonchev–Trinajstić information content (AvgIpc) is 2.89. The Kier molecular flexibility index (Phi) is 4.17. The summed E-state index contributed by atoms with van der Waals surface area (Å²) in [5.74, 6) is 0.00517. The molecule has 0 radical (unpaired) electrons. The molecule has 1 unspecified atom stereocenters. The minimum Gasteiger partial charge on any atom is -0.374 e. The molecule has 0 aromatic carbocycles. The fourth-order valence-electron chi connectivity index (χ4n) is 2.58. The van der Waals surface area contributed by atoms with Gasteiger partial charge in [0.25, 0.3) is 0 Å². The zero-order valence-corrected chi connectivity index (χ0v) is 12.2. The minimum atomic E-state index is 0.00517. The summed E-state index contributed by atoms with van der Waals surface area (Å²) in [7, 11) is 2.07. The number of carbonyl (C=O) groups excluding carboxylic acids is 1. The summed E-state index contributed by atoms with van der Waals surface area (Å²) in [4.78, 5) is 14.3. The van der Waals surface area contributed by atoms with Gasteiger partial charge in [-0.3, -0.25) is 4.79 Å². The van der Waals surface area contributed by atoms with Gasteiger partial charge in [0, 0.05) is 31.4 Å². The first-order valence-corrected chi connectivity index (χ1v) is 7.20. The first-order valence-electron chi connectivity index (χ1n) is 7.20. The van der Waals surface area contributed by atoms with Crippen LogP contribution < -0.4 is 5.32 Å². The normalized spacial score (nSPS) is 19.8. The van der Waals surface area contributed by atoms with Crippen molar-refractivity contribution in [1.29, 1.82) is 0 Å². The van der Waals surface area contributed by atoms with Crippen molar-refractivity contribution in [2.45, 2.75) is 12.5 Å². The molecule has 3 rings (SSSR count). The molecule has 1 N–H and O–H groups in total. The number of fused-ring (bicyclic) bond motifs is 1. The lowest BCUT2D eigenvalue weighted by atomic mass is 10.2. The van der Waals surface area contributed by atoms with Gasteiger partial charge >= 0.3 is 0 Å². The van der Waals surface area contributed by atoms with Crippen LogP contribution in [0.25, 0.3) is 5.52 Å². The van der Waals surface area contributed by atoms with Crippen molar-refractivity contribution in [2.75, 3.05) is 33.3 Å². The van der Waals surface area contributed by atoms with E-state index in [-0.39, 0.29) is 12.0 Å². The number of ether oxygens (including phenoxy) is 1. The summed E-state index contributed by atoms with van der Waals surface area (Å²) < 4.78 is 7.41. The number of hydrogen-bond acceptors (Lipinski definition) is 4. The summed E-state index contributed by atoms with van der Waals surface area (Å²) in [6, 6.07) is 5.83. The number of hydrogen-bond donors (Lipinski definition) is 1. The lowest BCUT2D eigenvalue weighted by Gasteiger charge is -2.30. The van der Waals surface area contributed by atoms with Crippen LogP contribution in [0.4, 0.5) is 0 Å². The van der Waals surface area contributed by atoms with Crippen molar-refractivity contribution in [3.63, 3.8) is 0 Å². The Morgan fingerprint density at radius 3 is 3.29 bits per heavy atom. The van der Waals surface area contributed by atoms with Crippen LogP contribution in [-0.4, -0.2) is 59.8 Å². The number of carbonyl (C=O) groups is 1. The lowest BCUT2D eigenvalue weighted by molar-refractivity contribution is -0.121. The summed E-state index contributed by atoms with van der Waals surface area (Å²) in [6.07, 6.45) is 4.05. The topological polar surface area (TPSA) is 58.9 Å². The molecular weight excluding hydrogens is 268 g/mol. The predicted molar refractivity (Wildman–Crippen MR) is 79.1 cm³/mol. The molecule has 1 aliphatic rings. The molecule has 6 heteroatoms. The van der Waals surface area contributed by atoms with Crippen LogP contribution >= 0.6 is 0 Å². The number of amides is 1. The number of pyridine rings is 1. The van der Waals surface area contributed by atoms with E-state index in [4.69, 9.17) is 4.74 Å². The molecule has 3 heterocycles. The van der Waals surface area contributed by atoms with Gasteiger partial charge in [-0.2, -0.15) is 5.10 Å². The highest BCUT2D eigenvalue weighted by Gasteiger charge is 2.18. The van der Waals surface area contributed by atoms with E-state index in [0.717, 1.165) is 30.8 Å². The third-order valence-corrected chi connectivity index (χ3v) is 3.73. The van der Waals surface area contributed by atoms with E-state index < -0.39 is 0 Å². The predicted octanol–water partition coefficient (Wildman–Crippen LogP) is 0.324. The van der Waals surface area contributed by atoms with Crippen LogP contribution in [-0.2, 0) is 16.0 Å². The molecule has 6 nitrogen and oxygen atoms in total. The number of aromatic nitrogens is 2. The Bertz CT molecular complexity index is 625. The van der Waals surface area contributed by atoms with Gasteiger partial charge in [0.2, 0.25) is 5.91 Å². The number of morpholine rings is 1. The molecule has 1 amide bonds. The van der Waals surface area contributed by atoms with Crippen molar-refractivity contribution in [1.82, 2.24) is 19.8 Å². The SMILES string of the molecule is CN1CCOC(CNC(=O)Cc2cnn3ccccc23)C1. The van der Waals surface area contributed by atoms with Crippen LogP contribution in [0.2, 0.25) is 0 Å². The molecule has 1 fully saturated rings. The van der Waals surface area contributed by atoms with Gasteiger partial charge in [0.1, 0.15) is 0 Å². The van der Waals surface area contributed by atoms with Crippen LogP contribution in [0.3, 0.4) is 0 Å². The van der Waals surface area contributed by atoms with E-state index in [9.17, 15) is 4.79 Å². The molecule has 21 heavy (non-hydrogen) atoms. The molecule has 1 atom stereocenters. The van der Waals surface area contributed by atoms with Crippen molar-refractivity contribution in [3.8, 4) is 0 Å². The number of nitrogens with one attached hydrogen (secondary N) is 1. The summed E-state index contributed by atoms with van der Waals surface area (Å²) >= 11 is 0. The van der Waals surface area contributed by atoms with Gasteiger partial charge in [0.05, 0.1) is 30.8 Å². The highest BCUT2D eigenvalue weighted by atomic mass is 16.5.